The van der Waals surface area contributed by atoms with Crippen molar-refractivity contribution in [1.29, 1.82) is 0 Å². The number of likely N-dealkylation sites (tertiary alicyclic amines) is 1. The molecule has 210 valence electrons. The van der Waals surface area contributed by atoms with E-state index in [4.69, 9.17) is 28.7 Å². The molecular formula is C22H41N9O6. The molecule has 0 radical (unpaired) electrons. The van der Waals surface area contributed by atoms with Gasteiger partial charge < -0.3 is 49.3 Å². The minimum Gasteiger partial charge on any atom is -0.480 e. The Morgan fingerprint density at radius 2 is 1.62 bits per heavy atom. The maximum absolute atomic E-state index is 13.2. The molecule has 13 N–H and O–H groups in total. The number of aliphatic carboxylic acids is 1. The van der Waals surface area contributed by atoms with Crippen LogP contribution >= 0.6 is 0 Å². The molecule has 1 aliphatic rings. The zero-order chi connectivity index (χ0) is 28.0. The fraction of sp³-hybridized carbons (Fsp3) is 0.727. The molecule has 4 amide bonds. The number of aliphatic imine (C=N–C) groups is 1. The third kappa shape index (κ3) is 11.4. The quantitative estimate of drug-likeness (QED) is 0.0532. The van der Waals surface area contributed by atoms with Gasteiger partial charge in [0.05, 0.1) is 6.04 Å². The first-order valence-corrected chi connectivity index (χ1v) is 12.4. The van der Waals surface area contributed by atoms with Gasteiger partial charge in [-0.15, -0.1) is 0 Å². The van der Waals surface area contributed by atoms with E-state index in [1.807, 2.05) is 0 Å². The molecule has 0 aromatic carbocycles. The summed E-state index contributed by atoms with van der Waals surface area (Å²) in [5.74, 6) is -3.74. The largest absolute Gasteiger partial charge is 0.480 e. The molecular weight excluding hydrogens is 486 g/mol. The molecule has 1 rings (SSSR count). The molecule has 1 fully saturated rings. The van der Waals surface area contributed by atoms with Crippen molar-refractivity contribution in [2.45, 2.75) is 82.0 Å². The molecule has 4 unspecified atom stereocenters. The lowest BCUT2D eigenvalue weighted by Gasteiger charge is -2.29. The Balaban J connectivity index is 2.94. The van der Waals surface area contributed by atoms with Gasteiger partial charge in [-0.25, -0.2) is 4.79 Å². The molecule has 1 heterocycles. The number of nitrogens with one attached hydrogen (secondary N) is 2. The van der Waals surface area contributed by atoms with Crippen molar-refractivity contribution < 1.29 is 29.1 Å². The molecule has 0 aliphatic carbocycles. The number of guanidine groups is 1. The van der Waals surface area contributed by atoms with Gasteiger partial charge in [0.15, 0.2) is 5.96 Å². The van der Waals surface area contributed by atoms with Gasteiger partial charge in [-0.3, -0.25) is 24.2 Å². The van der Waals surface area contributed by atoms with E-state index >= 15 is 0 Å². The van der Waals surface area contributed by atoms with Crippen LogP contribution in [0.1, 0.15) is 57.8 Å². The Morgan fingerprint density at radius 3 is 2.22 bits per heavy atom. The second kappa shape index (κ2) is 16.3. The first-order chi connectivity index (χ1) is 17.5. The summed E-state index contributed by atoms with van der Waals surface area (Å²) in [4.78, 5) is 66.9. The van der Waals surface area contributed by atoms with Crippen LogP contribution in [0, 0.1) is 0 Å². The van der Waals surface area contributed by atoms with E-state index in [9.17, 15) is 29.1 Å². The molecule has 1 saturated heterocycles. The normalized spacial score (nSPS) is 17.4. The van der Waals surface area contributed by atoms with Crippen LogP contribution in [0.4, 0.5) is 0 Å². The van der Waals surface area contributed by atoms with Crippen LogP contribution in [0.5, 0.6) is 0 Å². The number of rotatable bonds is 17. The molecule has 0 spiro atoms. The van der Waals surface area contributed by atoms with Crippen LogP contribution in [0.3, 0.4) is 0 Å². The number of hydrogen-bond acceptors (Lipinski definition) is 8. The minimum absolute atomic E-state index is 0.0706. The number of primary amides is 1. The van der Waals surface area contributed by atoms with Crippen molar-refractivity contribution in [3.63, 3.8) is 0 Å². The van der Waals surface area contributed by atoms with Crippen molar-refractivity contribution in [1.82, 2.24) is 15.5 Å². The minimum atomic E-state index is -1.19. The third-order valence-electron chi connectivity index (χ3n) is 6.00. The first-order valence-electron chi connectivity index (χ1n) is 12.4. The number of carboxylic acids is 1. The van der Waals surface area contributed by atoms with Gasteiger partial charge >= 0.3 is 5.97 Å². The van der Waals surface area contributed by atoms with Crippen LogP contribution < -0.4 is 39.3 Å². The van der Waals surface area contributed by atoms with Crippen molar-refractivity contribution in [2.24, 2.45) is 33.7 Å². The van der Waals surface area contributed by atoms with Crippen LogP contribution in [-0.4, -0.2) is 89.4 Å². The summed E-state index contributed by atoms with van der Waals surface area (Å²) in [6.07, 6.45) is 2.53. The zero-order valence-electron chi connectivity index (χ0n) is 21.1. The highest BCUT2D eigenvalue weighted by Crippen LogP contribution is 2.20. The predicted molar refractivity (Wildman–Crippen MR) is 135 cm³/mol. The van der Waals surface area contributed by atoms with E-state index in [-0.39, 0.29) is 44.6 Å². The van der Waals surface area contributed by atoms with Crippen LogP contribution in [0.2, 0.25) is 0 Å². The molecule has 1 aliphatic heterocycles. The number of carbonyl (C=O) groups excluding carboxylic acids is 4. The lowest BCUT2D eigenvalue weighted by molar-refractivity contribution is -0.149. The maximum atomic E-state index is 13.2. The molecule has 0 saturated carbocycles. The summed E-state index contributed by atoms with van der Waals surface area (Å²) in [6.45, 7) is 0.892. The Bertz CT molecular complexity index is 833. The molecule has 15 nitrogen and oxygen atoms in total. The number of hydrogen-bond donors (Lipinski definition) is 8. The Kier molecular flexibility index (Phi) is 13.9. The third-order valence-corrected chi connectivity index (χ3v) is 6.00. The Morgan fingerprint density at radius 1 is 0.946 bits per heavy atom. The molecule has 15 heteroatoms. The predicted octanol–water partition coefficient (Wildman–Crippen LogP) is -3.19. The highest BCUT2D eigenvalue weighted by molar-refractivity contribution is 5.94. The topological polar surface area (TPSA) is 275 Å². The highest BCUT2D eigenvalue weighted by atomic mass is 16.4. The summed E-state index contributed by atoms with van der Waals surface area (Å²) in [5, 5.41) is 14.6. The average Bonchev–Trinajstić information content (AvgIpc) is 3.33. The fourth-order valence-electron chi connectivity index (χ4n) is 3.99. The first kappa shape index (κ1) is 31.6. The average molecular weight is 528 g/mol. The Hall–Kier alpha value is -3.46. The van der Waals surface area contributed by atoms with Gasteiger partial charge in [0.1, 0.15) is 18.1 Å². The van der Waals surface area contributed by atoms with Gasteiger partial charge in [0.2, 0.25) is 23.6 Å². The summed E-state index contributed by atoms with van der Waals surface area (Å²) in [5.41, 5.74) is 27.3. The molecule has 4 atom stereocenters. The van der Waals surface area contributed by atoms with Crippen LogP contribution in [0.25, 0.3) is 0 Å². The monoisotopic (exact) mass is 527 g/mol. The number of nitrogens with two attached hydrogens (primary N) is 5. The SMILES string of the molecule is NCCCCC(NC(=O)C(N)CCCN=C(N)N)C(=O)NC(CCC(N)=O)C(=O)N1CCCC1C(=O)O. The van der Waals surface area contributed by atoms with E-state index in [2.05, 4.69) is 15.6 Å². The number of carbonyl (C=O) groups is 5. The summed E-state index contributed by atoms with van der Waals surface area (Å²) in [7, 11) is 0. The van der Waals surface area contributed by atoms with Crippen LogP contribution in [-0.2, 0) is 24.0 Å². The van der Waals surface area contributed by atoms with Gasteiger partial charge in [0, 0.05) is 19.5 Å². The number of unbranched alkanes of at least 4 members (excludes halogenated alkanes) is 1. The van der Waals surface area contributed by atoms with E-state index in [1.165, 1.54) is 4.90 Å². The van der Waals surface area contributed by atoms with Crippen molar-refractivity contribution >= 4 is 35.6 Å². The molecule has 0 aromatic rings. The second-order valence-corrected chi connectivity index (χ2v) is 8.99. The van der Waals surface area contributed by atoms with Crippen molar-refractivity contribution in [3.8, 4) is 0 Å². The fourth-order valence-corrected chi connectivity index (χ4v) is 3.99. The highest BCUT2D eigenvalue weighted by Gasteiger charge is 2.38. The van der Waals surface area contributed by atoms with Gasteiger partial charge in [0.25, 0.3) is 0 Å². The smallest absolute Gasteiger partial charge is 0.326 e. The number of amides is 4. The molecule has 37 heavy (non-hydrogen) atoms. The van der Waals surface area contributed by atoms with Gasteiger partial charge in [-0.2, -0.15) is 0 Å². The van der Waals surface area contributed by atoms with Crippen molar-refractivity contribution in [3.05, 3.63) is 0 Å². The summed E-state index contributed by atoms with van der Waals surface area (Å²) >= 11 is 0. The van der Waals surface area contributed by atoms with E-state index in [0.717, 1.165) is 0 Å². The maximum Gasteiger partial charge on any atom is 0.326 e. The van der Waals surface area contributed by atoms with E-state index in [1.54, 1.807) is 0 Å². The summed E-state index contributed by atoms with van der Waals surface area (Å²) < 4.78 is 0. The molecule has 0 aromatic heterocycles. The number of nitrogens with zero attached hydrogens (tertiary/aromatic N) is 2. The molecule has 0 bridgehead atoms. The van der Waals surface area contributed by atoms with Gasteiger partial charge in [-0.05, 0) is 57.9 Å². The van der Waals surface area contributed by atoms with E-state index < -0.39 is 53.8 Å². The lowest BCUT2D eigenvalue weighted by Crippen LogP contribution is -2.57. The van der Waals surface area contributed by atoms with Crippen LogP contribution in [0.15, 0.2) is 4.99 Å². The zero-order valence-corrected chi connectivity index (χ0v) is 21.1. The van der Waals surface area contributed by atoms with E-state index in [0.29, 0.717) is 38.8 Å². The second-order valence-electron chi connectivity index (χ2n) is 8.99. The lowest BCUT2D eigenvalue weighted by atomic mass is 10.0. The summed E-state index contributed by atoms with van der Waals surface area (Å²) in [6, 6.07) is -4.16. The Labute approximate surface area is 215 Å². The number of carboxylic acid groups (broad SMARTS) is 1. The van der Waals surface area contributed by atoms with Gasteiger partial charge in [-0.1, -0.05) is 0 Å². The standard InChI is InChI=1S/C22H41N9O6/c23-10-2-1-6-14(29-18(33)13(24)5-3-11-28-22(26)27)19(34)30-15(8-9-17(25)32)20(35)31-12-4-7-16(31)21(36)37/h13-16H,1-12,23-24H2,(H2,25,32)(H,29,33)(H,30,34)(H,36,37)(H4,26,27,28). The van der Waals surface area contributed by atoms with Crippen molar-refractivity contribution in [2.75, 3.05) is 19.6 Å².